The normalized spacial score (nSPS) is 17.8. The molecule has 1 unspecified atom stereocenters. The third-order valence-corrected chi connectivity index (χ3v) is 2.12. The van der Waals surface area contributed by atoms with Gasteiger partial charge in [0.05, 0.1) is 6.61 Å². The number of hydrogen-bond acceptors (Lipinski definition) is 2. The van der Waals surface area contributed by atoms with Crippen molar-refractivity contribution in [3.63, 3.8) is 0 Å². The van der Waals surface area contributed by atoms with Crippen molar-refractivity contribution in [1.82, 2.24) is 0 Å². The molecule has 1 aromatic rings. The molecule has 0 aromatic heterocycles. The fourth-order valence-electron chi connectivity index (χ4n) is 1.43. The topological polar surface area (TPSA) is 29.5 Å². The summed E-state index contributed by atoms with van der Waals surface area (Å²) in [5.74, 6) is 0.686. The third kappa shape index (κ3) is 1.73. The van der Waals surface area contributed by atoms with E-state index in [1.807, 2.05) is 36.4 Å². The summed E-state index contributed by atoms with van der Waals surface area (Å²) in [6.07, 6.45) is 2.25. The first kappa shape index (κ1) is 8.32. The third-order valence-electron chi connectivity index (χ3n) is 2.12. The largest absolute Gasteiger partial charge is 0.495 e. The molecule has 1 aromatic carbocycles. The second kappa shape index (κ2) is 3.62. The Morgan fingerprint density at radius 2 is 2.00 bits per heavy atom. The molecule has 13 heavy (non-hydrogen) atoms. The average Bonchev–Trinajstić information content (AvgIpc) is 2.71. The predicted octanol–water partition coefficient (Wildman–Crippen LogP) is 2.02. The van der Waals surface area contributed by atoms with E-state index >= 15 is 0 Å². The lowest BCUT2D eigenvalue weighted by Crippen LogP contribution is -2.01. The molecule has 1 atom stereocenters. The highest BCUT2D eigenvalue weighted by molar-refractivity contribution is 5.24. The molecule has 2 heteroatoms. The fraction of sp³-hybridized carbons (Fsp3) is 0.273. The first-order valence-electron chi connectivity index (χ1n) is 4.44. The number of benzene rings is 1. The monoisotopic (exact) mass is 176 g/mol. The van der Waals surface area contributed by atoms with Gasteiger partial charge in [0, 0.05) is 6.42 Å². The summed E-state index contributed by atoms with van der Waals surface area (Å²) in [5.41, 5.74) is 0.885. The van der Waals surface area contributed by atoms with Crippen LogP contribution in [0, 0.1) is 0 Å². The lowest BCUT2D eigenvalue weighted by Gasteiger charge is -2.11. The smallest absolute Gasteiger partial charge is 0.136 e. The minimum Gasteiger partial charge on any atom is -0.495 e. The number of rotatable bonds is 2. The van der Waals surface area contributed by atoms with Crippen LogP contribution < -0.4 is 0 Å². The van der Waals surface area contributed by atoms with Crippen molar-refractivity contribution in [2.75, 3.05) is 6.61 Å². The standard InChI is InChI=1S/C11H12O2/c12-11(10-7-4-8-13-10)9-5-2-1-3-6-9/h1-3,5-7,11-12H,4,8H2. The molecule has 0 amide bonds. The summed E-state index contributed by atoms with van der Waals surface area (Å²) in [6, 6.07) is 9.54. The molecular formula is C11H12O2. The number of aliphatic hydroxyl groups is 1. The summed E-state index contributed by atoms with van der Waals surface area (Å²) in [5, 5.41) is 9.83. The van der Waals surface area contributed by atoms with Gasteiger partial charge in [-0.15, -0.1) is 0 Å². The van der Waals surface area contributed by atoms with E-state index in [1.54, 1.807) is 0 Å². The van der Waals surface area contributed by atoms with Crippen LogP contribution in [0.5, 0.6) is 0 Å². The van der Waals surface area contributed by atoms with Crippen molar-refractivity contribution >= 4 is 0 Å². The van der Waals surface area contributed by atoms with E-state index in [2.05, 4.69) is 0 Å². The summed E-state index contributed by atoms with van der Waals surface area (Å²) < 4.78 is 5.28. The van der Waals surface area contributed by atoms with Gasteiger partial charge < -0.3 is 9.84 Å². The van der Waals surface area contributed by atoms with Gasteiger partial charge in [0.25, 0.3) is 0 Å². The maximum Gasteiger partial charge on any atom is 0.136 e. The van der Waals surface area contributed by atoms with Gasteiger partial charge in [0.15, 0.2) is 0 Å². The number of ether oxygens (including phenoxy) is 1. The highest BCUT2D eigenvalue weighted by atomic mass is 16.5. The molecular weight excluding hydrogens is 164 g/mol. The van der Waals surface area contributed by atoms with Crippen LogP contribution in [0.1, 0.15) is 18.1 Å². The maximum absolute atomic E-state index is 9.83. The van der Waals surface area contributed by atoms with Gasteiger partial charge in [-0.1, -0.05) is 30.3 Å². The second-order valence-corrected chi connectivity index (χ2v) is 3.06. The Morgan fingerprint density at radius 1 is 1.23 bits per heavy atom. The van der Waals surface area contributed by atoms with Gasteiger partial charge in [-0.2, -0.15) is 0 Å². The molecule has 0 aliphatic carbocycles. The van der Waals surface area contributed by atoms with Crippen LogP contribution in [0.25, 0.3) is 0 Å². The lowest BCUT2D eigenvalue weighted by atomic mass is 10.1. The Labute approximate surface area is 77.5 Å². The quantitative estimate of drug-likeness (QED) is 0.747. The van der Waals surface area contributed by atoms with Gasteiger partial charge in [0.2, 0.25) is 0 Å². The van der Waals surface area contributed by atoms with E-state index < -0.39 is 6.10 Å². The summed E-state index contributed by atoms with van der Waals surface area (Å²) >= 11 is 0. The van der Waals surface area contributed by atoms with E-state index in [0.29, 0.717) is 12.4 Å². The van der Waals surface area contributed by atoms with Crippen molar-refractivity contribution in [2.45, 2.75) is 12.5 Å². The van der Waals surface area contributed by atoms with Crippen molar-refractivity contribution in [3.8, 4) is 0 Å². The van der Waals surface area contributed by atoms with E-state index in [4.69, 9.17) is 4.74 Å². The molecule has 2 rings (SSSR count). The Morgan fingerprint density at radius 3 is 2.62 bits per heavy atom. The molecule has 68 valence electrons. The molecule has 0 saturated carbocycles. The minimum atomic E-state index is -0.594. The maximum atomic E-state index is 9.83. The van der Waals surface area contributed by atoms with Crippen LogP contribution in [0.4, 0.5) is 0 Å². The van der Waals surface area contributed by atoms with Crippen molar-refractivity contribution in [3.05, 3.63) is 47.7 Å². The molecule has 1 aliphatic rings. The summed E-state index contributed by atoms with van der Waals surface area (Å²) in [7, 11) is 0. The minimum absolute atomic E-state index is 0.594. The zero-order valence-corrected chi connectivity index (χ0v) is 7.31. The Hall–Kier alpha value is -1.28. The van der Waals surface area contributed by atoms with Crippen LogP contribution >= 0.6 is 0 Å². The van der Waals surface area contributed by atoms with Crippen LogP contribution in [0.15, 0.2) is 42.2 Å². The average molecular weight is 176 g/mol. The number of hydrogen-bond donors (Lipinski definition) is 1. The van der Waals surface area contributed by atoms with E-state index in [-0.39, 0.29) is 0 Å². The van der Waals surface area contributed by atoms with Crippen molar-refractivity contribution in [1.29, 1.82) is 0 Å². The summed E-state index contributed by atoms with van der Waals surface area (Å²) in [4.78, 5) is 0. The lowest BCUT2D eigenvalue weighted by molar-refractivity contribution is 0.119. The predicted molar refractivity (Wildman–Crippen MR) is 50.1 cm³/mol. The molecule has 0 saturated heterocycles. The molecule has 0 spiro atoms. The second-order valence-electron chi connectivity index (χ2n) is 3.06. The van der Waals surface area contributed by atoms with Gasteiger partial charge in [-0.05, 0) is 11.6 Å². The molecule has 1 N–H and O–H groups in total. The Bertz CT molecular complexity index is 303. The molecule has 0 radical (unpaired) electrons. The molecule has 0 fully saturated rings. The zero-order valence-electron chi connectivity index (χ0n) is 7.31. The zero-order chi connectivity index (χ0) is 9.10. The van der Waals surface area contributed by atoms with E-state index in [9.17, 15) is 5.11 Å². The molecule has 0 bridgehead atoms. The molecule has 1 aliphatic heterocycles. The molecule has 2 nitrogen and oxygen atoms in total. The van der Waals surface area contributed by atoms with Crippen LogP contribution in [0.2, 0.25) is 0 Å². The van der Waals surface area contributed by atoms with Crippen molar-refractivity contribution < 1.29 is 9.84 Å². The van der Waals surface area contributed by atoms with E-state index in [1.165, 1.54) is 0 Å². The first-order chi connectivity index (χ1) is 6.38. The van der Waals surface area contributed by atoms with Gasteiger partial charge >= 0.3 is 0 Å². The van der Waals surface area contributed by atoms with Gasteiger partial charge in [-0.25, -0.2) is 0 Å². The number of aliphatic hydroxyl groups excluding tert-OH is 1. The molecule has 1 heterocycles. The van der Waals surface area contributed by atoms with Crippen molar-refractivity contribution in [2.24, 2.45) is 0 Å². The van der Waals surface area contributed by atoms with Crippen LogP contribution in [-0.4, -0.2) is 11.7 Å². The SMILES string of the molecule is OC(C1=CCCO1)c1ccccc1. The summed E-state index contributed by atoms with van der Waals surface area (Å²) in [6.45, 7) is 0.694. The van der Waals surface area contributed by atoms with Crippen LogP contribution in [-0.2, 0) is 4.74 Å². The van der Waals surface area contributed by atoms with Gasteiger partial charge in [-0.3, -0.25) is 0 Å². The Balaban J connectivity index is 2.17. The van der Waals surface area contributed by atoms with Gasteiger partial charge in [0.1, 0.15) is 11.9 Å². The highest BCUT2D eigenvalue weighted by Gasteiger charge is 2.16. The first-order valence-corrected chi connectivity index (χ1v) is 4.44. The Kier molecular flexibility index (Phi) is 2.32. The fourth-order valence-corrected chi connectivity index (χ4v) is 1.43. The highest BCUT2D eigenvalue weighted by Crippen LogP contribution is 2.25. The van der Waals surface area contributed by atoms with Crippen LogP contribution in [0.3, 0.4) is 0 Å². The van der Waals surface area contributed by atoms with E-state index in [0.717, 1.165) is 12.0 Å².